The van der Waals surface area contributed by atoms with E-state index in [0.29, 0.717) is 6.10 Å². The lowest BCUT2D eigenvalue weighted by Crippen LogP contribution is -2.08. The van der Waals surface area contributed by atoms with Gasteiger partial charge in [0.05, 0.1) is 12.2 Å². The van der Waals surface area contributed by atoms with Crippen LogP contribution in [0.4, 0.5) is 0 Å². The summed E-state index contributed by atoms with van der Waals surface area (Å²) in [4.78, 5) is 2.44. The third-order valence-electron chi connectivity index (χ3n) is 3.48. The minimum Gasteiger partial charge on any atom is -0.388 e. The first-order valence-corrected chi connectivity index (χ1v) is 7.68. The molecule has 2 heterocycles. The molecule has 1 N–H and O–H groups in total. The van der Waals surface area contributed by atoms with E-state index in [-0.39, 0.29) is 11.5 Å². The first-order valence-electron chi connectivity index (χ1n) is 6.86. The molecule has 0 spiro atoms. The van der Waals surface area contributed by atoms with Crippen LogP contribution in [0, 0.1) is 0 Å². The first kappa shape index (κ1) is 14.0. The maximum Gasteiger partial charge on any atom is 0.0883 e. The van der Waals surface area contributed by atoms with Crippen LogP contribution in [-0.2, 0) is 10.2 Å². The van der Waals surface area contributed by atoms with Crippen LogP contribution in [0.5, 0.6) is 0 Å². The summed E-state index contributed by atoms with van der Waals surface area (Å²) in [6, 6.07) is 4.22. The van der Waals surface area contributed by atoms with E-state index >= 15 is 0 Å². The van der Waals surface area contributed by atoms with Crippen LogP contribution in [0.15, 0.2) is 12.1 Å². The fourth-order valence-corrected chi connectivity index (χ4v) is 3.38. The van der Waals surface area contributed by atoms with Gasteiger partial charge in [-0.3, -0.25) is 0 Å². The smallest absolute Gasteiger partial charge is 0.0883 e. The van der Waals surface area contributed by atoms with Crippen LogP contribution in [0.1, 0.15) is 62.3 Å². The van der Waals surface area contributed by atoms with Gasteiger partial charge in [0, 0.05) is 16.4 Å². The highest BCUT2D eigenvalue weighted by molar-refractivity contribution is 7.12. The van der Waals surface area contributed by atoms with Crippen LogP contribution in [0.25, 0.3) is 0 Å². The summed E-state index contributed by atoms with van der Waals surface area (Å²) in [5.74, 6) is 0. The molecular formula is C15H24O2S. The molecule has 3 heteroatoms. The SMILES string of the molecule is CC(C)(C)c1ccc(C(O)CCC2CCCO2)s1. The third kappa shape index (κ3) is 3.56. The molecule has 2 unspecified atom stereocenters. The van der Waals surface area contributed by atoms with Gasteiger partial charge in [-0.2, -0.15) is 0 Å². The Bertz CT molecular complexity index is 372. The van der Waals surface area contributed by atoms with Crippen molar-refractivity contribution in [3.63, 3.8) is 0 Å². The summed E-state index contributed by atoms with van der Waals surface area (Å²) in [6.07, 6.45) is 4.17. The molecule has 1 saturated heterocycles. The minimum absolute atomic E-state index is 0.178. The average Bonchev–Trinajstić information content (AvgIpc) is 2.96. The Morgan fingerprint density at radius 1 is 1.44 bits per heavy atom. The van der Waals surface area contributed by atoms with Gasteiger partial charge in [0.2, 0.25) is 0 Å². The number of rotatable bonds is 4. The number of hydrogen-bond donors (Lipinski definition) is 1. The van der Waals surface area contributed by atoms with Crippen LogP contribution < -0.4 is 0 Å². The van der Waals surface area contributed by atoms with Crippen molar-refractivity contribution < 1.29 is 9.84 Å². The standard InChI is InChI=1S/C15H24O2S/c1-15(2,3)14-9-8-13(18-14)12(16)7-6-11-5-4-10-17-11/h8-9,11-12,16H,4-7,10H2,1-3H3. The molecule has 0 amide bonds. The number of aliphatic hydroxyl groups is 1. The molecule has 2 rings (SSSR count). The van der Waals surface area contributed by atoms with Crippen molar-refractivity contribution in [1.29, 1.82) is 0 Å². The number of aliphatic hydroxyl groups excluding tert-OH is 1. The highest BCUT2D eigenvalue weighted by Crippen LogP contribution is 2.34. The molecule has 18 heavy (non-hydrogen) atoms. The van der Waals surface area contributed by atoms with E-state index in [1.807, 2.05) is 0 Å². The normalized spacial score (nSPS) is 22.3. The molecule has 0 radical (unpaired) electrons. The zero-order valence-electron chi connectivity index (χ0n) is 11.6. The predicted molar refractivity (Wildman–Crippen MR) is 76.2 cm³/mol. The molecule has 1 aromatic rings. The highest BCUT2D eigenvalue weighted by atomic mass is 32.1. The van der Waals surface area contributed by atoms with Crippen molar-refractivity contribution in [2.45, 2.75) is 64.1 Å². The van der Waals surface area contributed by atoms with Gasteiger partial charge >= 0.3 is 0 Å². The maximum absolute atomic E-state index is 10.2. The molecule has 1 aromatic heterocycles. The first-order chi connectivity index (χ1) is 8.47. The van der Waals surface area contributed by atoms with E-state index in [0.717, 1.165) is 30.7 Å². The summed E-state index contributed by atoms with van der Waals surface area (Å²) in [5, 5.41) is 10.2. The lowest BCUT2D eigenvalue weighted by atomic mass is 9.95. The second-order valence-electron chi connectivity index (χ2n) is 6.18. The summed E-state index contributed by atoms with van der Waals surface area (Å²) >= 11 is 1.74. The van der Waals surface area contributed by atoms with Crippen LogP contribution in [0.2, 0.25) is 0 Å². The third-order valence-corrected chi connectivity index (χ3v) is 5.09. The van der Waals surface area contributed by atoms with Gasteiger partial charge in [-0.1, -0.05) is 20.8 Å². The molecule has 0 aliphatic carbocycles. The van der Waals surface area contributed by atoms with Crippen LogP contribution >= 0.6 is 11.3 Å². The molecule has 1 aliphatic rings. The van der Waals surface area contributed by atoms with Gasteiger partial charge in [0.25, 0.3) is 0 Å². The van der Waals surface area contributed by atoms with Crippen molar-refractivity contribution in [2.24, 2.45) is 0 Å². The van der Waals surface area contributed by atoms with Gasteiger partial charge in [0.1, 0.15) is 0 Å². The molecule has 2 nitrogen and oxygen atoms in total. The molecule has 2 atom stereocenters. The molecule has 0 bridgehead atoms. The monoisotopic (exact) mass is 268 g/mol. The van der Waals surface area contributed by atoms with Crippen molar-refractivity contribution in [3.8, 4) is 0 Å². The second kappa shape index (κ2) is 5.72. The highest BCUT2D eigenvalue weighted by Gasteiger charge is 2.21. The fourth-order valence-electron chi connectivity index (χ4n) is 2.29. The number of ether oxygens (including phenoxy) is 1. The predicted octanol–water partition coefficient (Wildman–Crippen LogP) is 4.04. The van der Waals surface area contributed by atoms with E-state index in [9.17, 15) is 5.11 Å². The maximum atomic E-state index is 10.2. The molecular weight excluding hydrogens is 244 g/mol. The largest absolute Gasteiger partial charge is 0.388 e. The van der Waals surface area contributed by atoms with Gasteiger partial charge in [-0.15, -0.1) is 11.3 Å². The lowest BCUT2D eigenvalue weighted by Gasteiger charge is -2.16. The van der Waals surface area contributed by atoms with E-state index in [1.54, 1.807) is 11.3 Å². The van der Waals surface area contributed by atoms with E-state index < -0.39 is 0 Å². The summed E-state index contributed by atoms with van der Waals surface area (Å²) in [6.45, 7) is 7.53. The Hall–Kier alpha value is -0.380. The van der Waals surface area contributed by atoms with Gasteiger partial charge in [-0.05, 0) is 43.2 Å². The second-order valence-corrected chi connectivity index (χ2v) is 7.30. The summed E-state index contributed by atoms with van der Waals surface area (Å²) in [5.41, 5.74) is 0.178. The fraction of sp³-hybridized carbons (Fsp3) is 0.733. The van der Waals surface area contributed by atoms with E-state index in [4.69, 9.17) is 4.74 Å². The Labute approximate surface area is 114 Å². The zero-order valence-corrected chi connectivity index (χ0v) is 12.4. The Kier molecular flexibility index (Phi) is 4.46. The summed E-state index contributed by atoms with van der Waals surface area (Å²) in [7, 11) is 0. The van der Waals surface area contributed by atoms with Crippen LogP contribution in [-0.4, -0.2) is 17.8 Å². The van der Waals surface area contributed by atoms with Gasteiger partial charge in [0.15, 0.2) is 0 Å². The van der Waals surface area contributed by atoms with Crippen LogP contribution in [0.3, 0.4) is 0 Å². The Morgan fingerprint density at radius 3 is 2.78 bits per heavy atom. The van der Waals surface area contributed by atoms with Crippen molar-refractivity contribution in [2.75, 3.05) is 6.61 Å². The van der Waals surface area contributed by atoms with Crippen molar-refractivity contribution in [3.05, 3.63) is 21.9 Å². The average molecular weight is 268 g/mol. The molecule has 1 fully saturated rings. The Balaban J connectivity index is 1.88. The van der Waals surface area contributed by atoms with Crippen molar-refractivity contribution >= 4 is 11.3 Å². The summed E-state index contributed by atoms with van der Waals surface area (Å²) < 4.78 is 5.59. The molecule has 0 saturated carbocycles. The number of thiophene rings is 1. The molecule has 102 valence electrons. The van der Waals surface area contributed by atoms with E-state index in [1.165, 1.54) is 11.3 Å². The minimum atomic E-state index is -0.324. The molecule has 0 aromatic carbocycles. The zero-order chi connectivity index (χ0) is 13.2. The van der Waals surface area contributed by atoms with Gasteiger partial charge < -0.3 is 9.84 Å². The lowest BCUT2D eigenvalue weighted by molar-refractivity contribution is 0.0820. The quantitative estimate of drug-likeness (QED) is 0.893. The molecule has 1 aliphatic heterocycles. The topological polar surface area (TPSA) is 29.5 Å². The van der Waals surface area contributed by atoms with E-state index in [2.05, 4.69) is 32.9 Å². The van der Waals surface area contributed by atoms with Gasteiger partial charge in [-0.25, -0.2) is 0 Å². The Morgan fingerprint density at radius 2 is 2.22 bits per heavy atom. The number of hydrogen-bond acceptors (Lipinski definition) is 3. The van der Waals surface area contributed by atoms with Crippen molar-refractivity contribution in [1.82, 2.24) is 0 Å².